The van der Waals surface area contributed by atoms with Crippen molar-refractivity contribution in [2.75, 3.05) is 0 Å². The second-order valence-electron chi connectivity index (χ2n) is 4.24. The van der Waals surface area contributed by atoms with Crippen LogP contribution in [0.3, 0.4) is 0 Å². The summed E-state index contributed by atoms with van der Waals surface area (Å²) in [4.78, 5) is 19.0. The molecular weight excluding hydrogens is 242 g/mol. The van der Waals surface area contributed by atoms with Crippen LogP contribution in [0.4, 0.5) is 0 Å². The molecule has 0 atom stereocenters. The number of nitrogens with zero attached hydrogens (tertiary/aromatic N) is 3. The van der Waals surface area contributed by atoms with Gasteiger partial charge in [-0.2, -0.15) is 0 Å². The molecule has 0 bridgehead atoms. The zero-order chi connectivity index (χ0) is 13.4. The lowest BCUT2D eigenvalue weighted by molar-refractivity contribution is 0.0690. The Morgan fingerprint density at radius 2 is 2.05 bits per heavy atom. The SMILES string of the molecule is Cn1c(-c2cncc(C(=O)O)n2)cc2ccccc21. The van der Waals surface area contributed by atoms with Gasteiger partial charge in [-0.15, -0.1) is 0 Å². The summed E-state index contributed by atoms with van der Waals surface area (Å²) in [5, 5.41) is 10.0. The van der Waals surface area contributed by atoms with Crippen LogP contribution in [0.2, 0.25) is 0 Å². The van der Waals surface area contributed by atoms with E-state index in [9.17, 15) is 4.79 Å². The minimum atomic E-state index is -1.08. The molecule has 0 aliphatic carbocycles. The van der Waals surface area contributed by atoms with E-state index < -0.39 is 5.97 Å². The maximum absolute atomic E-state index is 10.9. The van der Waals surface area contributed by atoms with Gasteiger partial charge in [-0.25, -0.2) is 9.78 Å². The Morgan fingerprint density at radius 3 is 2.79 bits per heavy atom. The highest BCUT2D eigenvalue weighted by Crippen LogP contribution is 2.25. The van der Waals surface area contributed by atoms with E-state index in [1.54, 1.807) is 6.20 Å². The number of rotatable bonds is 2. The molecule has 0 fully saturated rings. The summed E-state index contributed by atoms with van der Waals surface area (Å²) >= 11 is 0. The molecule has 0 spiro atoms. The molecule has 3 rings (SSSR count). The molecule has 1 aromatic carbocycles. The monoisotopic (exact) mass is 253 g/mol. The van der Waals surface area contributed by atoms with Crippen molar-refractivity contribution in [2.45, 2.75) is 0 Å². The van der Waals surface area contributed by atoms with Crippen LogP contribution in [-0.2, 0) is 7.05 Å². The lowest BCUT2D eigenvalue weighted by atomic mass is 10.2. The predicted octanol–water partition coefficient (Wildman–Crippen LogP) is 2.33. The molecule has 0 unspecified atom stereocenters. The third kappa shape index (κ3) is 1.85. The summed E-state index contributed by atoms with van der Waals surface area (Å²) in [6, 6.07) is 9.92. The number of fused-ring (bicyclic) bond motifs is 1. The molecule has 3 aromatic rings. The van der Waals surface area contributed by atoms with Crippen molar-refractivity contribution in [1.82, 2.24) is 14.5 Å². The van der Waals surface area contributed by atoms with Gasteiger partial charge in [0.15, 0.2) is 5.69 Å². The van der Waals surface area contributed by atoms with Crippen LogP contribution in [0.5, 0.6) is 0 Å². The highest BCUT2D eigenvalue weighted by Gasteiger charge is 2.12. The van der Waals surface area contributed by atoms with Crippen LogP contribution in [0.1, 0.15) is 10.5 Å². The van der Waals surface area contributed by atoms with E-state index in [-0.39, 0.29) is 5.69 Å². The van der Waals surface area contributed by atoms with Gasteiger partial charge in [0.1, 0.15) is 5.69 Å². The summed E-state index contributed by atoms with van der Waals surface area (Å²) in [6.45, 7) is 0. The van der Waals surface area contributed by atoms with Crippen LogP contribution in [0.15, 0.2) is 42.7 Å². The van der Waals surface area contributed by atoms with E-state index in [4.69, 9.17) is 5.11 Å². The second-order valence-corrected chi connectivity index (χ2v) is 4.24. The summed E-state index contributed by atoms with van der Waals surface area (Å²) in [6.07, 6.45) is 2.81. The molecule has 1 N–H and O–H groups in total. The fourth-order valence-corrected chi connectivity index (χ4v) is 2.13. The van der Waals surface area contributed by atoms with Gasteiger partial charge in [-0.1, -0.05) is 18.2 Å². The van der Waals surface area contributed by atoms with E-state index in [1.807, 2.05) is 41.9 Å². The second kappa shape index (κ2) is 4.20. The Kier molecular flexibility index (Phi) is 2.52. The fraction of sp³-hybridized carbons (Fsp3) is 0.0714. The van der Waals surface area contributed by atoms with Crippen molar-refractivity contribution in [2.24, 2.45) is 7.05 Å². The first-order valence-electron chi connectivity index (χ1n) is 5.77. The number of hydrogen-bond donors (Lipinski definition) is 1. The number of hydrogen-bond acceptors (Lipinski definition) is 3. The maximum atomic E-state index is 10.9. The quantitative estimate of drug-likeness (QED) is 0.761. The van der Waals surface area contributed by atoms with Gasteiger partial charge >= 0.3 is 5.97 Å². The van der Waals surface area contributed by atoms with Crippen LogP contribution < -0.4 is 0 Å². The van der Waals surface area contributed by atoms with Crippen LogP contribution in [-0.4, -0.2) is 25.6 Å². The molecule has 0 saturated carbocycles. The Bertz CT molecular complexity index is 777. The molecule has 2 aromatic heterocycles. The molecule has 0 saturated heterocycles. The third-order valence-electron chi connectivity index (χ3n) is 3.07. The number of aryl methyl sites for hydroxylation is 1. The molecule has 5 heteroatoms. The molecule has 2 heterocycles. The van der Waals surface area contributed by atoms with Crippen molar-refractivity contribution < 1.29 is 9.90 Å². The predicted molar refractivity (Wildman–Crippen MR) is 70.9 cm³/mol. The van der Waals surface area contributed by atoms with E-state index in [1.165, 1.54) is 6.20 Å². The summed E-state index contributed by atoms with van der Waals surface area (Å²) < 4.78 is 1.98. The summed E-state index contributed by atoms with van der Waals surface area (Å²) in [7, 11) is 1.92. The summed E-state index contributed by atoms with van der Waals surface area (Å²) in [5.41, 5.74) is 2.41. The van der Waals surface area contributed by atoms with Crippen molar-refractivity contribution in [3.05, 3.63) is 48.4 Å². The van der Waals surface area contributed by atoms with Crippen LogP contribution >= 0.6 is 0 Å². The highest BCUT2D eigenvalue weighted by molar-refractivity contribution is 5.88. The number of para-hydroxylation sites is 1. The Labute approximate surface area is 109 Å². The molecule has 0 radical (unpaired) electrons. The minimum absolute atomic E-state index is 0.0530. The van der Waals surface area contributed by atoms with Crippen LogP contribution in [0, 0.1) is 0 Å². The fourth-order valence-electron chi connectivity index (χ4n) is 2.13. The molecule has 5 nitrogen and oxygen atoms in total. The Balaban J connectivity index is 2.21. The highest BCUT2D eigenvalue weighted by atomic mass is 16.4. The van der Waals surface area contributed by atoms with Gasteiger partial charge in [0.25, 0.3) is 0 Å². The Hall–Kier alpha value is -2.69. The smallest absolute Gasteiger partial charge is 0.356 e. The van der Waals surface area contributed by atoms with Gasteiger partial charge in [-0.3, -0.25) is 4.98 Å². The number of carbonyl (C=O) groups is 1. The normalized spacial score (nSPS) is 10.8. The number of carboxylic acids is 1. The van der Waals surface area contributed by atoms with Crippen molar-refractivity contribution in [1.29, 1.82) is 0 Å². The third-order valence-corrected chi connectivity index (χ3v) is 3.07. The molecule has 0 amide bonds. The van der Waals surface area contributed by atoms with E-state index in [0.717, 1.165) is 16.6 Å². The molecular formula is C14H11N3O2. The largest absolute Gasteiger partial charge is 0.476 e. The molecule has 19 heavy (non-hydrogen) atoms. The number of aromatic nitrogens is 3. The van der Waals surface area contributed by atoms with E-state index in [0.29, 0.717) is 5.69 Å². The van der Waals surface area contributed by atoms with Crippen LogP contribution in [0.25, 0.3) is 22.3 Å². The van der Waals surface area contributed by atoms with Crippen molar-refractivity contribution >= 4 is 16.9 Å². The molecule has 0 aliphatic rings. The zero-order valence-electron chi connectivity index (χ0n) is 10.2. The van der Waals surface area contributed by atoms with Gasteiger partial charge in [-0.05, 0) is 12.1 Å². The average molecular weight is 253 g/mol. The van der Waals surface area contributed by atoms with E-state index in [2.05, 4.69) is 9.97 Å². The van der Waals surface area contributed by atoms with E-state index >= 15 is 0 Å². The average Bonchev–Trinajstić information content (AvgIpc) is 2.77. The summed E-state index contributed by atoms with van der Waals surface area (Å²) in [5.74, 6) is -1.08. The number of aromatic carboxylic acids is 1. The first-order valence-corrected chi connectivity index (χ1v) is 5.77. The lowest BCUT2D eigenvalue weighted by Crippen LogP contribution is -2.03. The topological polar surface area (TPSA) is 68.0 Å². The lowest BCUT2D eigenvalue weighted by Gasteiger charge is -2.03. The first-order chi connectivity index (χ1) is 9.16. The molecule has 94 valence electrons. The minimum Gasteiger partial charge on any atom is -0.476 e. The van der Waals surface area contributed by atoms with Crippen molar-refractivity contribution in [3.63, 3.8) is 0 Å². The van der Waals surface area contributed by atoms with Gasteiger partial charge in [0, 0.05) is 18.0 Å². The van der Waals surface area contributed by atoms with Gasteiger partial charge in [0.2, 0.25) is 0 Å². The standard InChI is InChI=1S/C14H11N3O2/c1-17-12-5-3-2-4-9(12)6-13(17)10-7-15-8-11(16-10)14(18)19/h2-8H,1H3,(H,18,19). The molecule has 0 aliphatic heterocycles. The number of benzene rings is 1. The first kappa shape index (κ1) is 11.4. The van der Waals surface area contributed by atoms with Gasteiger partial charge in [0.05, 0.1) is 18.1 Å². The Morgan fingerprint density at radius 1 is 1.26 bits per heavy atom. The zero-order valence-corrected chi connectivity index (χ0v) is 10.2. The number of carboxylic acid groups (broad SMARTS) is 1. The maximum Gasteiger partial charge on any atom is 0.356 e. The van der Waals surface area contributed by atoms with Gasteiger partial charge < -0.3 is 9.67 Å². The van der Waals surface area contributed by atoms with Crippen molar-refractivity contribution in [3.8, 4) is 11.4 Å².